The van der Waals surface area contributed by atoms with Crippen molar-refractivity contribution < 1.29 is 4.74 Å². The third-order valence-corrected chi connectivity index (χ3v) is 6.12. The Hall–Kier alpha value is -2.68. The summed E-state index contributed by atoms with van der Waals surface area (Å²) in [7, 11) is 0. The van der Waals surface area contributed by atoms with Crippen molar-refractivity contribution in [3.63, 3.8) is 0 Å². The van der Waals surface area contributed by atoms with Crippen molar-refractivity contribution in [1.82, 2.24) is 9.97 Å². The van der Waals surface area contributed by atoms with Gasteiger partial charge in [-0.3, -0.25) is 0 Å². The van der Waals surface area contributed by atoms with Crippen LogP contribution < -0.4 is 4.74 Å². The normalized spacial score (nSPS) is 12.2. The number of hydrogen-bond donors (Lipinski definition) is 0. The van der Waals surface area contributed by atoms with Gasteiger partial charge in [-0.1, -0.05) is 96.2 Å². The number of aromatic nitrogens is 2. The van der Waals surface area contributed by atoms with Gasteiger partial charge in [-0.05, 0) is 53.5 Å². The van der Waals surface area contributed by atoms with Gasteiger partial charge in [-0.2, -0.15) is 0 Å². The number of benzene rings is 2. The standard InChI is InChI=1S/C30H40N2O/c1-5-6-7-19-33-29-17-15-27(16-18-29)26-11-13-28(14-12-26)30-31-21-25(22-32-30)20-24(4)10-8-9-23(2)3/h11-18,21-24H,5-10,19-20H2,1-4H3. The van der Waals surface area contributed by atoms with Crippen molar-refractivity contribution in [2.24, 2.45) is 11.8 Å². The zero-order valence-electron chi connectivity index (χ0n) is 20.9. The molecule has 176 valence electrons. The lowest BCUT2D eigenvalue weighted by molar-refractivity contribution is 0.306. The van der Waals surface area contributed by atoms with Gasteiger partial charge >= 0.3 is 0 Å². The predicted molar refractivity (Wildman–Crippen MR) is 139 cm³/mol. The smallest absolute Gasteiger partial charge is 0.159 e. The highest BCUT2D eigenvalue weighted by Crippen LogP contribution is 2.25. The van der Waals surface area contributed by atoms with Crippen LogP contribution in [0.15, 0.2) is 60.9 Å². The third kappa shape index (κ3) is 8.31. The van der Waals surface area contributed by atoms with Crippen molar-refractivity contribution in [3.8, 4) is 28.3 Å². The molecule has 1 heterocycles. The Morgan fingerprint density at radius 3 is 1.94 bits per heavy atom. The first-order valence-corrected chi connectivity index (χ1v) is 12.7. The van der Waals surface area contributed by atoms with E-state index < -0.39 is 0 Å². The van der Waals surface area contributed by atoms with Crippen LogP contribution in [0.5, 0.6) is 5.75 Å². The summed E-state index contributed by atoms with van der Waals surface area (Å²) >= 11 is 0. The minimum absolute atomic E-state index is 0.672. The number of unbranched alkanes of at least 4 members (excludes halogenated alkanes) is 2. The van der Waals surface area contributed by atoms with Crippen LogP contribution in [-0.2, 0) is 6.42 Å². The van der Waals surface area contributed by atoms with E-state index in [1.165, 1.54) is 48.8 Å². The molecule has 0 spiro atoms. The average Bonchev–Trinajstić information content (AvgIpc) is 2.83. The monoisotopic (exact) mass is 444 g/mol. The van der Waals surface area contributed by atoms with E-state index in [1.807, 2.05) is 12.4 Å². The van der Waals surface area contributed by atoms with E-state index in [0.717, 1.165) is 42.5 Å². The Morgan fingerprint density at radius 1 is 0.727 bits per heavy atom. The molecule has 3 aromatic rings. The molecule has 0 aliphatic rings. The highest BCUT2D eigenvalue weighted by molar-refractivity contribution is 5.68. The molecule has 3 nitrogen and oxygen atoms in total. The molecular formula is C30H40N2O. The van der Waals surface area contributed by atoms with E-state index >= 15 is 0 Å². The first kappa shape index (κ1) is 25.0. The van der Waals surface area contributed by atoms with Crippen molar-refractivity contribution in [3.05, 3.63) is 66.5 Å². The minimum Gasteiger partial charge on any atom is -0.494 e. The zero-order valence-corrected chi connectivity index (χ0v) is 20.9. The van der Waals surface area contributed by atoms with Crippen LogP contribution in [0, 0.1) is 11.8 Å². The van der Waals surface area contributed by atoms with Gasteiger partial charge in [0.15, 0.2) is 5.82 Å². The molecule has 1 atom stereocenters. The fourth-order valence-electron chi connectivity index (χ4n) is 4.09. The summed E-state index contributed by atoms with van der Waals surface area (Å²) in [5, 5.41) is 0. The fraction of sp³-hybridized carbons (Fsp3) is 0.467. The number of nitrogens with zero attached hydrogens (tertiary/aromatic N) is 2. The van der Waals surface area contributed by atoms with Crippen molar-refractivity contribution in [2.45, 2.75) is 72.6 Å². The third-order valence-electron chi connectivity index (χ3n) is 6.12. The lowest BCUT2D eigenvalue weighted by Crippen LogP contribution is -2.02. The quantitative estimate of drug-likeness (QED) is 0.248. The lowest BCUT2D eigenvalue weighted by Gasteiger charge is -2.12. The molecule has 0 saturated carbocycles. The van der Waals surface area contributed by atoms with E-state index in [4.69, 9.17) is 4.74 Å². The number of rotatable bonds is 13. The maximum atomic E-state index is 5.82. The highest BCUT2D eigenvalue weighted by atomic mass is 16.5. The predicted octanol–water partition coefficient (Wildman–Crippen LogP) is 8.38. The van der Waals surface area contributed by atoms with Crippen molar-refractivity contribution in [1.29, 1.82) is 0 Å². The van der Waals surface area contributed by atoms with Gasteiger partial charge in [0.05, 0.1) is 6.61 Å². The van der Waals surface area contributed by atoms with Gasteiger partial charge in [-0.25, -0.2) is 9.97 Å². The molecule has 0 saturated heterocycles. The van der Waals surface area contributed by atoms with Crippen LogP contribution in [0.3, 0.4) is 0 Å². The summed E-state index contributed by atoms with van der Waals surface area (Å²) in [6, 6.07) is 16.8. The molecule has 33 heavy (non-hydrogen) atoms. The van der Waals surface area contributed by atoms with Gasteiger partial charge in [-0.15, -0.1) is 0 Å². The fourth-order valence-corrected chi connectivity index (χ4v) is 4.09. The molecule has 3 heteroatoms. The maximum absolute atomic E-state index is 5.82. The summed E-state index contributed by atoms with van der Waals surface area (Å²) in [4.78, 5) is 9.28. The first-order chi connectivity index (χ1) is 16.0. The topological polar surface area (TPSA) is 35.0 Å². The van der Waals surface area contributed by atoms with E-state index in [2.05, 4.69) is 86.2 Å². The van der Waals surface area contributed by atoms with E-state index in [-0.39, 0.29) is 0 Å². The van der Waals surface area contributed by atoms with Crippen LogP contribution in [0.2, 0.25) is 0 Å². The van der Waals surface area contributed by atoms with Crippen molar-refractivity contribution >= 4 is 0 Å². The molecule has 0 N–H and O–H groups in total. The number of ether oxygens (including phenoxy) is 1. The highest BCUT2D eigenvalue weighted by Gasteiger charge is 2.08. The Balaban J connectivity index is 1.54. The Labute approximate surface area is 200 Å². The minimum atomic E-state index is 0.672. The Kier molecular flexibility index (Phi) is 9.93. The van der Waals surface area contributed by atoms with E-state index in [1.54, 1.807) is 0 Å². The number of hydrogen-bond acceptors (Lipinski definition) is 3. The van der Waals surface area contributed by atoms with Gasteiger partial charge < -0.3 is 4.74 Å². The summed E-state index contributed by atoms with van der Waals surface area (Å²) in [5.41, 5.74) is 4.64. The van der Waals surface area contributed by atoms with Crippen LogP contribution >= 0.6 is 0 Å². The summed E-state index contributed by atoms with van der Waals surface area (Å²) in [6.45, 7) is 9.92. The molecule has 0 bridgehead atoms. The van der Waals surface area contributed by atoms with Gasteiger partial charge in [0.2, 0.25) is 0 Å². The van der Waals surface area contributed by atoms with E-state index in [0.29, 0.717) is 5.92 Å². The van der Waals surface area contributed by atoms with Gasteiger partial charge in [0.25, 0.3) is 0 Å². The molecule has 1 unspecified atom stereocenters. The van der Waals surface area contributed by atoms with E-state index in [9.17, 15) is 0 Å². The average molecular weight is 445 g/mol. The molecular weight excluding hydrogens is 404 g/mol. The van der Waals surface area contributed by atoms with Crippen LogP contribution in [0.25, 0.3) is 22.5 Å². The van der Waals surface area contributed by atoms with Gasteiger partial charge in [0.1, 0.15) is 5.75 Å². The molecule has 1 aromatic heterocycles. The first-order valence-electron chi connectivity index (χ1n) is 12.7. The Bertz CT molecular complexity index is 931. The summed E-state index contributed by atoms with van der Waals surface area (Å²) < 4.78 is 5.82. The van der Waals surface area contributed by atoms with Crippen molar-refractivity contribution in [2.75, 3.05) is 6.61 Å². The lowest BCUT2D eigenvalue weighted by atomic mass is 9.95. The summed E-state index contributed by atoms with van der Waals surface area (Å²) in [5.74, 6) is 3.19. The molecule has 0 aliphatic heterocycles. The maximum Gasteiger partial charge on any atom is 0.159 e. The molecule has 0 radical (unpaired) electrons. The Morgan fingerprint density at radius 2 is 1.33 bits per heavy atom. The molecule has 0 aliphatic carbocycles. The van der Waals surface area contributed by atoms with Crippen LogP contribution in [-0.4, -0.2) is 16.6 Å². The van der Waals surface area contributed by atoms with Gasteiger partial charge in [0, 0.05) is 18.0 Å². The summed E-state index contributed by atoms with van der Waals surface area (Å²) in [6.07, 6.45) is 12.5. The molecule has 2 aromatic carbocycles. The molecule has 0 amide bonds. The van der Waals surface area contributed by atoms with Crippen LogP contribution in [0.4, 0.5) is 0 Å². The second-order valence-electron chi connectivity index (χ2n) is 9.71. The SMILES string of the molecule is CCCCCOc1ccc(-c2ccc(-c3ncc(CC(C)CCCC(C)C)cn3)cc2)cc1. The second-order valence-corrected chi connectivity index (χ2v) is 9.71. The molecule has 3 rings (SSSR count). The molecule has 0 fully saturated rings. The second kappa shape index (κ2) is 13.1. The zero-order chi connectivity index (χ0) is 23.5. The largest absolute Gasteiger partial charge is 0.494 e. The van der Waals surface area contributed by atoms with Crippen LogP contribution in [0.1, 0.15) is 71.8 Å².